The summed E-state index contributed by atoms with van der Waals surface area (Å²) in [5, 5.41) is 17.8. The van der Waals surface area contributed by atoms with E-state index in [1.807, 2.05) is 43.7 Å². The Hall–Kier alpha value is -2.90. The first-order valence-corrected chi connectivity index (χ1v) is 7.02. The van der Waals surface area contributed by atoms with Crippen LogP contribution in [0.2, 0.25) is 0 Å². The quantitative estimate of drug-likeness (QED) is 0.776. The van der Waals surface area contributed by atoms with Gasteiger partial charge in [0, 0.05) is 12.7 Å². The van der Waals surface area contributed by atoms with Gasteiger partial charge in [0.2, 0.25) is 5.95 Å². The molecule has 2 N–H and O–H groups in total. The highest BCUT2D eigenvalue weighted by Gasteiger charge is 2.15. The molecule has 8 nitrogen and oxygen atoms in total. The van der Waals surface area contributed by atoms with Crippen LogP contribution in [0.25, 0.3) is 5.65 Å². The molecule has 0 spiro atoms. The van der Waals surface area contributed by atoms with Gasteiger partial charge in [0.15, 0.2) is 5.65 Å². The summed E-state index contributed by atoms with van der Waals surface area (Å²) in [5.74, 6) is 0.367. The summed E-state index contributed by atoms with van der Waals surface area (Å²) in [4.78, 5) is 12.2. The zero-order chi connectivity index (χ0) is 15.7. The standard InChI is InChI=1S/C14H17N7O/c1-4-21-10(3)12(9(2)19-21)15-14(22)16-13-18-17-11-7-5-6-8-20(11)13/h5-8H,4H2,1-3H3,(H2,15,16,18,22). The third-order valence-electron chi connectivity index (χ3n) is 3.46. The molecule has 3 heterocycles. The number of hydrogen-bond donors (Lipinski definition) is 2. The highest BCUT2D eigenvalue weighted by Crippen LogP contribution is 2.19. The van der Waals surface area contributed by atoms with E-state index in [-0.39, 0.29) is 6.03 Å². The Balaban J connectivity index is 1.80. The fraction of sp³-hybridized carbons (Fsp3) is 0.286. The van der Waals surface area contributed by atoms with Crippen LogP contribution in [0, 0.1) is 13.8 Å². The molecule has 0 bridgehead atoms. The smallest absolute Gasteiger partial charge is 0.304 e. The van der Waals surface area contributed by atoms with Gasteiger partial charge >= 0.3 is 6.03 Å². The Morgan fingerprint density at radius 2 is 2.05 bits per heavy atom. The van der Waals surface area contributed by atoms with Crippen LogP contribution in [0.5, 0.6) is 0 Å². The van der Waals surface area contributed by atoms with Crippen LogP contribution in [0.3, 0.4) is 0 Å². The number of fused-ring (bicyclic) bond motifs is 1. The lowest BCUT2D eigenvalue weighted by molar-refractivity contribution is 0.262. The predicted octanol–water partition coefficient (Wildman–Crippen LogP) is 2.21. The second-order valence-electron chi connectivity index (χ2n) is 4.89. The fourth-order valence-corrected chi connectivity index (χ4v) is 2.36. The average molecular weight is 299 g/mol. The van der Waals surface area contributed by atoms with Crippen molar-refractivity contribution in [2.24, 2.45) is 0 Å². The first-order valence-electron chi connectivity index (χ1n) is 7.02. The summed E-state index contributed by atoms with van der Waals surface area (Å²) in [7, 11) is 0. The minimum atomic E-state index is -0.375. The maximum Gasteiger partial charge on any atom is 0.326 e. The monoisotopic (exact) mass is 299 g/mol. The second kappa shape index (κ2) is 5.47. The summed E-state index contributed by atoms with van der Waals surface area (Å²) in [6.45, 7) is 6.54. The number of aromatic nitrogens is 5. The van der Waals surface area contributed by atoms with E-state index < -0.39 is 0 Å². The Kier molecular flexibility index (Phi) is 3.50. The number of urea groups is 1. The van der Waals surface area contributed by atoms with Crippen LogP contribution in [0.15, 0.2) is 24.4 Å². The molecule has 0 fully saturated rings. The molecule has 0 aliphatic rings. The van der Waals surface area contributed by atoms with E-state index >= 15 is 0 Å². The number of amides is 2. The average Bonchev–Trinajstić information content (AvgIpc) is 3.03. The van der Waals surface area contributed by atoms with Gasteiger partial charge in [-0.3, -0.25) is 14.4 Å². The summed E-state index contributed by atoms with van der Waals surface area (Å²) in [6, 6.07) is 5.15. The molecule has 3 aromatic rings. The predicted molar refractivity (Wildman–Crippen MR) is 83.0 cm³/mol. The molecule has 0 saturated heterocycles. The van der Waals surface area contributed by atoms with Gasteiger partial charge in [-0.25, -0.2) is 4.79 Å². The van der Waals surface area contributed by atoms with Crippen LogP contribution in [-0.2, 0) is 6.54 Å². The molecule has 22 heavy (non-hydrogen) atoms. The molecule has 0 atom stereocenters. The van der Waals surface area contributed by atoms with Gasteiger partial charge in [-0.1, -0.05) is 6.07 Å². The van der Waals surface area contributed by atoms with E-state index in [1.165, 1.54) is 0 Å². The minimum absolute atomic E-state index is 0.367. The highest BCUT2D eigenvalue weighted by molar-refractivity contribution is 5.99. The summed E-state index contributed by atoms with van der Waals surface area (Å²) >= 11 is 0. The van der Waals surface area contributed by atoms with Crippen molar-refractivity contribution in [3.8, 4) is 0 Å². The van der Waals surface area contributed by atoms with Crippen LogP contribution in [0.1, 0.15) is 18.3 Å². The third-order valence-corrected chi connectivity index (χ3v) is 3.46. The molecule has 3 aromatic heterocycles. The number of anilines is 2. The molecule has 2 amide bonds. The third kappa shape index (κ3) is 2.39. The van der Waals surface area contributed by atoms with Crippen LogP contribution >= 0.6 is 0 Å². The van der Waals surface area contributed by atoms with Gasteiger partial charge in [-0.15, -0.1) is 10.2 Å². The van der Waals surface area contributed by atoms with Crippen molar-refractivity contribution in [3.63, 3.8) is 0 Å². The van der Waals surface area contributed by atoms with E-state index in [0.29, 0.717) is 17.3 Å². The van der Waals surface area contributed by atoms with Crippen molar-refractivity contribution in [2.45, 2.75) is 27.3 Å². The topological polar surface area (TPSA) is 89.1 Å². The summed E-state index contributed by atoms with van der Waals surface area (Å²) in [5.41, 5.74) is 3.08. The van der Waals surface area contributed by atoms with Gasteiger partial charge in [-0.05, 0) is 32.9 Å². The minimum Gasteiger partial charge on any atom is -0.304 e. The van der Waals surface area contributed by atoms with E-state index in [4.69, 9.17) is 0 Å². The number of pyridine rings is 1. The molecule has 0 saturated carbocycles. The molecule has 0 aromatic carbocycles. The van der Waals surface area contributed by atoms with Gasteiger partial charge in [-0.2, -0.15) is 5.10 Å². The van der Waals surface area contributed by atoms with Crippen molar-refractivity contribution < 1.29 is 4.79 Å². The Morgan fingerprint density at radius 1 is 1.23 bits per heavy atom. The summed E-state index contributed by atoms with van der Waals surface area (Å²) < 4.78 is 3.55. The molecule has 0 unspecified atom stereocenters. The second-order valence-corrected chi connectivity index (χ2v) is 4.89. The number of nitrogens with one attached hydrogen (secondary N) is 2. The van der Waals surface area contributed by atoms with Gasteiger partial charge in [0.25, 0.3) is 0 Å². The Morgan fingerprint density at radius 3 is 2.77 bits per heavy atom. The van der Waals surface area contributed by atoms with Gasteiger partial charge in [0.05, 0.1) is 17.1 Å². The molecular formula is C14H17N7O. The zero-order valence-electron chi connectivity index (χ0n) is 12.7. The molecule has 114 valence electrons. The van der Waals surface area contributed by atoms with E-state index in [0.717, 1.165) is 17.9 Å². The van der Waals surface area contributed by atoms with Crippen LogP contribution < -0.4 is 10.6 Å². The SMILES string of the molecule is CCn1nc(C)c(NC(=O)Nc2nnc3ccccn23)c1C. The zero-order valence-corrected chi connectivity index (χ0v) is 12.7. The van der Waals surface area contributed by atoms with Gasteiger partial charge in [0.1, 0.15) is 0 Å². The lowest BCUT2D eigenvalue weighted by atomic mass is 10.3. The molecule has 8 heteroatoms. The van der Waals surface area contributed by atoms with E-state index in [9.17, 15) is 4.79 Å². The number of hydrogen-bond acceptors (Lipinski definition) is 4. The highest BCUT2D eigenvalue weighted by atomic mass is 16.2. The number of rotatable bonds is 3. The number of carbonyl (C=O) groups excluding carboxylic acids is 1. The van der Waals surface area contributed by atoms with Crippen molar-refractivity contribution in [3.05, 3.63) is 35.8 Å². The molecular weight excluding hydrogens is 282 g/mol. The first kappa shape index (κ1) is 14.1. The van der Waals surface area contributed by atoms with Gasteiger partial charge < -0.3 is 5.32 Å². The molecule has 3 rings (SSSR count). The Labute approximate surface area is 127 Å². The largest absolute Gasteiger partial charge is 0.326 e. The van der Waals surface area contributed by atoms with Crippen molar-refractivity contribution in [1.29, 1.82) is 0 Å². The van der Waals surface area contributed by atoms with Crippen LogP contribution in [-0.4, -0.2) is 30.4 Å². The maximum atomic E-state index is 12.2. The lowest BCUT2D eigenvalue weighted by Crippen LogP contribution is -2.21. The lowest BCUT2D eigenvalue weighted by Gasteiger charge is -2.07. The number of aryl methyl sites for hydroxylation is 2. The van der Waals surface area contributed by atoms with E-state index in [1.54, 1.807) is 10.6 Å². The number of nitrogens with zero attached hydrogens (tertiary/aromatic N) is 5. The first-order chi connectivity index (χ1) is 10.6. The van der Waals surface area contributed by atoms with Crippen molar-refractivity contribution >= 4 is 23.3 Å². The van der Waals surface area contributed by atoms with Crippen molar-refractivity contribution in [1.82, 2.24) is 24.4 Å². The van der Waals surface area contributed by atoms with E-state index in [2.05, 4.69) is 25.9 Å². The van der Waals surface area contributed by atoms with Crippen molar-refractivity contribution in [2.75, 3.05) is 10.6 Å². The molecule has 0 aliphatic heterocycles. The normalized spacial score (nSPS) is 10.9. The fourth-order valence-electron chi connectivity index (χ4n) is 2.36. The Bertz CT molecular complexity index is 833. The molecule has 0 radical (unpaired) electrons. The maximum absolute atomic E-state index is 12.2. The van der Waals surface area contributed by atoms with Crippen LogP contribution in [0.4, 0.5) is 16.4 Å². The number of carbonyl (C=O) groups is 1. The summed E-state index contributed by atoms with van der Waals surface area (Å²) in [6.07, 6.45) is 1.79. The molecule has 0 aliphatic carbocycles.